The third-order valence-corrected chi connectivity index (χ3v) is 3.17. The SMILES string of the molecule is CC(C)(CO)NC(=O)c1cc2cc(Br)ccc2[nH]1. The number of fused-ring (bicyclic) bond motifs is 1. The molecule has 0 aliphatic heterocycles. The number of amides is 1. The van der Waals surface area contributed by atoms with Crippen LogP contribution in [0.2, 0.25) is 0 Å². The highest BCUT2D eigenvalue weighted by Crippen LogP contribution is 2.20. The summed E-state index contributed by atoms with van der Waals surface area (Å²) >= 11 is 3.39. The maximum absolute atomic E-state index is 12.0. The number of aliphatic hydroxyl groups excluding tert-OH is 1. The summed E-state index contributed by atoms with van der Waals surface area (Å²) < 4.78 is 0.969. The molecule has 0 aliphatic carbocycles. The summed E-state index contributed by atoms with van der Waals surface area (Å²) in [5, 5.41) is 12.9. The van der Waals surface area contributed by atoms with Crippen molar-refractivity contribution < 1.29 is 9.90 Å². The Balaban J connectivity index is 2.28. The Morgan fingerprint density at radius 3 is 2.83 bits per heavy atom. The van der Waals surface area contributed by atoms with Crippen molar-refractivity contribution >= 4 is 32.7 Å². The summed E-state index contributed by atoms with van der Waals surface area (Å²) in [5.74, 6) is -0.221. The largest absolute Gasteiger partial charge is 0.394 e. The van der Waals surface area contributed by atoms with E-state index in [9.17, 15) is 4.79 Å². The first kappa shape index (κ1) is 13.1. The van der Waals surface area contributed by atoms with Gasteiger partial charge < -0.3 is 15.4 Å². The third-order valence-electron chi connectivity index (χ3n) is 2.67. The molecule has 18 heavy (non-hydrogen) atoms. The lowest BCUT2D eigenvalue weighted by Crippen LogP contribution is -2.46. The molecule has 2 aromatic rings. The van der Waals surface area contributed by atoms with E-state index in [0.717, 1.165) is 15.4 Å². The molecule has 0 saturated carbocycles. The molecule has 0 saturated heterocycles. The molecule has 1 heterocycles. The quantitative estimate of drug-likeness (QED) is 0.815. The number of nitrogens with one attached hydrogen (secondary N) is 2. The molecule has 1 amide bonds. The number of hydrogen-bond donors (Lipinski definition) is 3. The van der Waals surface area contributed by atoms with E-state index in [1.165, 1.54) is 0 Å². The zero-order valence-corrected chi connectivity index (χ0v) is 11.8. The summed E-state index contributed by atoms with van der Waals surface area (Å²) in [6.45, 7) is 3.43. The average molecular weight is 311 g/mol. The summed E-state index contributed by atoms with van der Waals surface area (Å²) in [4.78, 5) is 15.1. The number of halogens is 1. The van der Waals surface area contributed by atoms with Crippen molar-refractivity contribution in [3.63, 3.8) is 0 Å². The minimum Gasteiger partial charge on any atom is -0.394 e. The van der Waals surface area contributed by atoms with E-state index in [1.807, 2.05) is 18.2 Å². The second-order valence-electron chi connectivity index (χ2n) is 4.91. The number of aromatic nitrogens is 1. The number of rotatable bonds is 3. The highest BCUT2D eigenvalue weighted by molar-refractivity contribution is 9.10. The Morgan fingerprint density at radius 2 is 2.17 bits per heavy atom. The van der Waals surface area contributed by atoms with E-state index in [1.54, 1.807) is 19.9 Å². The Hall–Kier alpha value is -1.33. The number of H-pyrrole nitrogens is 1. The Morgan fingerprint density at radius 1 is 1.44 bits per heavy atom. The van der Waals surface area contributed by atoms with Crippen LogP contribution in [0.25, 0.3) is 10.9 Å². The fourth-order valence-corrected chi connectivity index (χ4v) is 2.02. The van der Waals surface area contributed by atoms with Gasteiger partial charge in [0.2, 0.25) is 0 Å². The Bertz CT molecular complexity index is 590. The molecule has 0 atom stereocenters. The molecule has 0 aliphatic rings. The van der Waals surface area contributed by atoms with Gasteiger partial charge in [0.25, 0.3) is 5.91 Å². The van der Waals surface area contributed by atoms with E-state index in [2.05, 4.69) is 26.2 Å². The molecule has 3 N–H and O–H groups in total. The number of aliphatic hydroxyl groups is 1. The molecule has 0 radical (unpaired) electrons. The van der Waals surface area contributed by atoms with Crippen molar-refractivity contribution in [2.24, 2.45) is 0 Å². The van der Waals surface area contributed by atoms with Crippen LogP contribution in [-0.2, 0) is 0 Å². The fourth-order valence-electron chi connectivity index (χ4n) is 1.64. The first-order chi connectivity index (χ1) is 8.41. The monoisotopic (exact) mass is 310 g/mol. The zero-order chi connectivity index (χ0) is 13.3. The highest BCUT2D eigenvalue weighted by Gasteiger charge is 2.20. The van der Waals surface area contributed by atoms with Gasteiger partial charge in [-0.2, -0.15) is 0 Å². The van der Waals surface area contributed by atoms with Crippen LogP contribution in [0.15, 0.2) is 28.7 Å². The van der Waals surface area contributed by atoms with E-state index in [0.29, 0.717) is 5.69 Å². The van der Waals surface area contributed by atoms with Gasteiger partial charge >= 0.3 is 0 Å². The van der Waals surface area contributed by atoms with Gasteiger partial charge in [0.15, 0.2) is 0 Å². The molecule has 4 nitrogen and oxygen atoms in total. The number of benzene rings is 1. The molecule has 5 heteroatoms. The van der Waals surface area contributed by atoms with Crippen LogP contribution < -0.4 is 5.32 Å². The topological polar surface area (TPSA) is 65.1 Å². The summed E-state index contributed by atoms with van der Waals surface area (Å²) in [7, 11) is 0. The first-order valence-electron chi connectivity index (χ1n) is 5.63. The van der Waals surface area contributed by atoms with Gasteiger partial charge in [-0.25, -0.2) is 0 Å². The van der Waals surface area contributed by atoms with Crippen LogP contribution in [0.1, 0.15) is 24.3 Å². The minimum absolute atomic E-state index is 0.107. The molecule has 0 unspecified atom stereocenters. The number of aromatic amines is 1. The summed E-state index contributed by atoms with van der Waals surface area (Å²) in [5.41, 5.74) is 0.768. The smallest absolute Gasteiger partial charge is 0.268 e. The molecule has 1 aromatic carbocycles. The van der Waals surface area contributed by atoms with Crippen LogP contribution in [-0.4, -0.2) is 28.1 Å². The normalized spacial score (nSPS) is 11.8. The van der Waals surface area contributed by atoms with Gasteiger partial charge in [0.05, 0.1) is 12.1 Å². The van der Waals surface area contributed by atoms with Gasteiger partial charge in [-0.1, -0.05) is 15.9 Å². The fraction of sp³-hybridized carbons (Fsp3) is 0.308. The van der Waals surface area contributed by atoms with E-state index < -0.39 is 5.54 Å². The Labute approximate surface area is 114 Å². The van der Waals surface area contributed by atoms with Gasteiger partial charge in [-0.3, -0.25) is 4.79 Å². The molecule has 0 bridgehead atoms. The van der Waals surface area contributed by atoms with E-state index in [-0.39, 0.29) is 12.5 Å². The van der Waals surface area contributed by atoms with Crippen molar-refractivity contribution in [2.45, 2.75) is 19.4 Å². The highest BCUT2D eigenvalue weighted by atomic mass is 79.9. The van der Waals surface area contributed by atoms with E-state index in [4.69, 9.17) is 5.11 Å². The van der Waals surface area contributed by atoms with Gasteiger partial charge in [0, 0.05) is 15.4 Å². The predicted molar refractivity (Wildman–Crippen MR) is 74.6 cm³/mol. The van der Waals surface area contributed by atoms with Crippen LogP contribution in [0.3, 0.4) is 0 Å². The van der Waals surface area contributed by atoms with Crippen molar-refractivity contribution in [1.82, 2.24) is 10.3 Å². The van der Waals surface area contributed by atoms with Crippen molar-refractivity contribution in [3.05, 3.63) is 34.4 Å². The third kappa shape index (κ3) is 2.73. The molecule has 0 spiro atoms. The molecule has 0 fully saturated rings. The number of hydrogen-bond acceptors (Lipinski definition) is 2. The maximum atomic E-state index is 12.0. The van der Waals surface area contributed by atoms with Gasteiger partial charge in [-0.05, 0) is 38.1 Å². The average Bonchev–Trinajstić information content (AvgIpc) is 2.71. The zero-order valence-electron chi connectivity index (χ0n) is 10.2. The number of carbonyl (C=O) groups is 1. The van der Waals surface area contributed by atoms with Gasteiger partial charge in [0.1, 0.15) is 5.69 Å². The number of carbonyl (C=O) groups excluding carboxylic acids is 1. The van der Waals surface area contributed by atoms with Crippen LogP contribution >= 0.6 is 15.9 Å². The maximum Gasteiger partial charge on any atom is 0.268 e. The second-order valence-corrected chi connectivity index (χ2v) is 5.83. The van der Waals surface area contributed by atoms with Crippen LogP contribution in [0.4, 0.5) is 0 Å². The van der Waals surface area contributed by atoms with Crippen LogP contribution in [0.5, 0.6) is 0 Å². The molecule has 1 aromatic heterocycles. The lowest BCUT2D eigenvalue weighted by atomic mass is 10.1. The van der Waals surface area contributed by atoms with Gasteiger partial charge in [-0.15, -0.1) is 0 Å². The van der Waals surface area contributed by atoms with Crippen molar-refractivity contribution in [2.75, 3.05) is 6.61 Å². The summed E-state index contributed by atoms with van der Waals surface area (Å²) in [6.07, 6.45) is 0. The summed E-state index contributed by atoms with van der Waals surface area (Å²) in [6, 6.07) is 7.56. The molecular weight excluding hydrogens is 296 g/mol. The standard InChI is InChI=1S/C13H15BrN2O2/c1-13(2,7-17)16-12(18)11-6-8-5-9(14)3-4-10(8)15-11/h3-6,15,17H,7H2,1-2H3,(H,16,18). The van der Waals surface area contributed by atoms with Crippen LogP contribution in [0, 0.1) is 0 Å². The minimum atomic E-state index is -0.630. The second kappa shape index (κ2) is 4.74. The molecule has 2 rings (SSSR count). The lowest BCUT2D eigenvalue weighted by Gasteiger charge is -2.22. The first-order valence-corrected chi connectivity index (χ1v) is 6.42. The molecule has 96 valence electrons. The predicted octanol–water partition coefficient (Wildman–Crippen LogP) is 2.43. The van der Waals surface area contributed by atoms with E-state index >= 15 is 0 Å². The van der Waals surface area contributed by atoms with Crippen molar-refractivity contribution in [1.29, 1.82) is 0 Å². The Kier molecular flexibility index (Phi) is 3.45. The van der Waals surface area contributed by atoms with Crippen molar-refractivity contribution in [3.8, 4) is 0 Å². The lowest BCUT2D eigenvalue weighted by molar-refractivity contribution is 0.0865. The molecular formula is C13H15BrN2O2.